The van der Waals surface area contributed by atoms with E-state index in [1.165, 1.54) is 11.8 Å². The minimum atomic E-state index is 0.0484. The van der Waals surface area contributed by atoms with Crippen LogP contribution in [0.15, 0.2) is 64.6 Å². The third kappa shape index (κ3) is 4.12. The van der Waals surface area contributed by atoms with Gasteiger partial charge in [0.25, 0.3) is 11.7 Å². The summed E-state index contributed by atoms with van der Waals surface area (Å²) >= 11 is 3.34. The Kier molecular flexibility index (Phi) is 5.89. The Bertz CT molecular complexity index is 1300. The molecule has 2 aromatic heterocycles. The lowest BCUT2D eigenvalue weighted by Crippen LogP contribution is -2.32. The number of hydrogen-bond donors (Lipinski definition) is 0. The number of fused-ring (bicyclic) bond motifs is 2. The molecular weight excluding hydrogens is 438 g/mol. The first-order chi connectivity index (χ1) is 15.6. The molecule has 5 rings (SSSR count). The van der Waals surface area contributed by atoms with Crippen molar-refractivity contribution in [3.63, 3.8) is 0 Å². The van der Waals surface area contributed by atoms with Crippen LogP contribution in [-0.4, -0.2) is 37.8 Å². The molecule has 0 unspecified atom stereocenters. The van der Waals surface area contributed by atoms with Gasteiger partial charge in [0.1, 0.15) is 0 Å². The number of thioether (sulfide) groups is 2. The molecule has 162 valence electrons. The Morgan fingerprint density at radius 2 is 1.91 bits per heavy atom. The zero-order valence-electron chi connectivity index (χ0n) is 18.0. The first kappa shape index (κ1) is 21.0. The number of anilines is 1. The molecule has 3 heterocycles. The Labute approximate surface area is 195 Å². The second kappa shape index (κ2) is 8.96. The quantitative estimate of drug-likeness (QED) is 0.391. The molecule has 1 aliphatic heterocycles. The third-order valence-electron chi connectivity index (χ3n) is 5.39. The smallest absolute Gasteiger partial charge is 0.258 e. The van der Waals surface area contributed by atoms with Crippen molar-refractivity contribution < 1.29 is 4.79 Å². The lowest BCUT2D eigenvalue weighted by molar-refractivity contribution is 0.0986. The summed E-state index contributed by atoms with van der Waals surface area (Å²) in [6.45, 7) is 4.68. The summed E-state index contributed by atoms with van der Waals surface area (Å²) in [6.07, 6.45) is 0.971. The van der Waals surface area contributed by atoms with Gasteiger partial charge in [-0.1, -0.05) is 42.1 Å². The number of nitrogens with zero attached hydrogens (tertiary/aromatic N) is 5. The predicted molar refractivity (Wildman–Crippen MR) is 130 cm³/mol. The number of aryl methyl sites for hydroxylation is 2. The van der Waals surface area contributed by atoms with Gasteiger partial charge in [-0.2, -0.15) is 4.98 Å². The van der Waals surface area contributed by atoms with Crippen molar-refractivity contribution >= 4 is 40.9 Å². The zero-order valence-corrected chi connectivity index (χ0v) is 19.6. The zero-order chi connectivity index (χ0) is 22.1. The average molecular weight is 462 g/mol. The maximum atomic E-state index is 13.6. The third-order valence-corrected chi connectivity index (χ3v) is 7.42. The Morgan fingerprint density at radius 1 is 1.09 bits per heavy atom. The number of hydrogen-bond acceptors (Lipinski definition) is 6. The van der Waals surface area contributed by atoms with E-state index in [1.54, 1.807) is 4.52 Å². The van der Waals surface area contributed by atoms with Crippen LogP contribution >= 0.6 is 23.5 Å². The van der Waals surface area contributed by atoms with Crippen LogP contribution in [0.2, 0.25) is 0 Å². The largest absolute Gasteiger partial charge is 0.307 e. The van der Waals surface area contributed by atoms with E-state index in [0.29, 0.717) is 16.7 Å². The van der Waals surface area contributed by atoms with Gasteiger partial charge in [-0.05, 0) is 55.9 Å². The fraction of sp³-hybridized carbons (Fsp3) is 0.250. The lowest BCUT2D eigenvalue weighted by Gasteiger charge is -2.23. The molecule has 0 fully saturated rings. The number of rotatable bonds is 4. The summed E-state index contributed by atoms with van der Waals surface area (Å²) in [7, 11) is 0. The first-order valence-electron chi connectivity index (χ1n) is 10.6. The fourth-order valence-electron chi connectivity index (χ4n) is 3.89. The van der Waals surface area contributed by atoms with Crippen LogP contribution in [0, 0.1) is 13.8 Å². The van der Waals surface area contributed by atoms with Crippen LogP contribution in [-0.2, 0) is 5.75 Å². The number of aromatic nitrogens is 4. The number of carbonyl (C=O) groups is 1. The van der Waals surface area contributed by atoms with Gasteiger partial charge in [0.15, 0.2) is 0 Å². The highest BCUT2D eigenvalue weighted by atomic mass is 32.2. The second-order valence-corrected chi connectivity index (χ2v) is 9.80. The van der Waals surface area contributed by atoms with E-state index < -0.39 is 0 Å². The predicted octanol–water partition coefficient (Wildman–Crippen LogP) is 5.18. The summed E-state index contributed by atoms with van der Waals surface area (Å²) in [4.78, 5) is 25.7. The molecule has 0 bridgehead atoms. The van der Waals surface area contributed by atoms with Gasteiger partial charge in [0.05, 0.1) is 5.69 Å². The number of carbonyl (C=O) groups excluding carboxylic acids is 1. The highest BCUT2D eigenvalue weighted by Crippen LogP contribution is 2.35. The van der Waals surface area contributed by atoms with Crippen LogP contribution in [0.5, 0.6) is 0 Å². The van der Waals surface area contributed by atoms with Crippen molar-refractivity contribution in [1.29, 1.82) is 0 Å². The molecule has 1 amide bonds. The van der Waals surface area contributed by atoms with Crippen LogP contribution in [0.3, 0.4) is 0 Å². The molecule has 8 heteroatoms. The van der Waals surface area contributed by atoms with Crippen molar-refractivity contribution in [1.82, 2.24) is 19.6 Å². The molecule has 0 N–H and O–H groups in total. The number of para-hydroxylation sites is 1. The minimum Gasteiger partial charge on any atom is -0.307 e. The topological polar surface area (TPSA) is 63.4 Å². The lowest BCUT2D eigenvalue weighted by atomic mass is 10.1. The Balaban J connectivity index is 1.41. The van der Waals surface area contributed by atoms with Crippen LogP contribution in [0.1, 0.15) is 33.7 Å². The summed E-state index contributed by atoms with van der Waals surface area (Å²) in [6, 6.07) is 18.0. The molecular formula is C24H23N5OS2. The number of benzene rings is 2. The Morgan fingerprint density at radius 3 is 2.81 bits per heavy atom. The molecule has 2 aromatic carbocycles. The maximum absolute atomic E-state index is 13.6. The summed E-state index contributed by atoms with van der Waals surface area (Å²) in [5.74, 6) is 2.28. The van der Waals surface area contributed by atoms with Crippen molar-refractivity contribution in [3.05, 3.63) is 77.1 Å². The highest BCUT2D eigenvalue weighted by molar-refractivity contribution is 7.99. The van der Waals surface area contributed by atoms with Crippen molar-refractivity contribution in [2.45, 2.75) is 36.1 Å². The molecule has 0 spiro atoms. The van der Waals surface area contributed by atoms with E-state index >= 15 is 0 Å². The summed E-state index contributed by atoms with van der Waals surface area (Å²) in [5.41, 5.74) is 4.64. The normalized spacial score (nSPS) is 13.8. The average Bonchev–Trinajstić information content (AvgIpc) is 3.09. The molecule has 0 saturated heterocycles. The molecule has 0 radical (unpaired) electrons. The van der Waals surface area contributed by atoms with E-state index in [-0.39, 0.29) is 5.91 Å². The molecule has 0 aliphatic carbocycles. The van der Waals surface area contributed by atoms with Crippen LogP contribution in [0.4, 0.5) is 5.69 Å². The van der Waals surface area contributed by atoms with Gasteiger partial charge in [0.2, 0.25) is 5.16 Å². The van der Waals surface area contributed by atoms with Crippen molar-refractivity contribution in [2.24, 2.45) is 0 Å². The SMILES string of the molecule is Cc1cc(C)n2nc(SCc3ccccc3C(=O)N3CCCSc4ccccc43)nc2n1. The van der Waals surface area contributed by atoms with Gasteiger partial charge in [-0.15, -0.1) is 16.9 Å². The second-order valence-electron chi connectivity index (χ2n) is 7.72. The van der Waals surface area contributed by atoms with Crippen LogP contribution in [0.25, 0.3) is 5.78 Å². The van der Waals surface area contributed by atoms with Gasteiger partial charge >= 0.3 is 0 Å². The monoisotopic (exact) mass is 461 g/mol. The molecule has 1 aliphatic rings. The Hall–Kier alpha value is -2.84. The van der Waals surface area contributed by atoms with Gasteiger partial charge in [0, 0.05) is 34.1 Å². The van der Waals surface area contributed by atoms with Gasteiger partial charge in [-0.3, -0.25) is 4.79 Å². The highest BCUT2D eigenvalue weighted by Gasteiger charge is 2.24. The van der Waals surface area contributed by atoms with Crippen molar-refractivity contribution in [3.8, 4) is 0 Å². The van der Waals surface area contributed by atoms with E-state index in [4.69, 9.17) is 0 Å². The summed E-state index contributed by atoms with van der Waals surface area (Å²) in [5, 5.41) is 5.24. The molecule has 4 aromatic rings. The summed E-state index contributed by atoms with van der Waals surface area (Å²) < 4.78 is 1.76. The standard InChI is InChI=1S/C24H23N5OS2/c1-16-14-17(2)29-23(25-16)26-24(27-29)32-15-18-8-3-4-9-19(18)22(30)28-12-7-13-31-21-11-6-5-10-20(21)28/h3-6,8-11,14H,7,12-13,15H2,1-2H3. The first-order valence-corrected chi connectivity index (χ1v) is 12.5. The van der Waals surface area contributed by atoms with Gasteiger partial charge in [-0.25, -0.2) is 9.50 Å². The molecule has 0 atom stereocenters. The van der Waals surface area contributed by atoms with Gasteiger partial charge < -0.3 is 4.90 Å². The maximum Gasteiger partial charge on any atom is 0.258 e. The number of amides is 1. The van der Waals surface area contributed by atoms with E-state index in [2.05, 4.69) is 21.1 Å². The van der Waals surface area contributed by atoms with E-state index in [1.807, 2.05) is 79.0 Å². The van der Waals surface area contributed by atoms with Crippen molar-refractivity contribution in [2.75, 3.05) is 17.2 Å². The van der Waals surface area contributed by atoms with E-state index in [0.717, 1.165) is 51.8 Å². The van der Waals surface area contributed by atoms with Crippen LogP contribution < -0.4 is 4.90 Å². The molecule has 0 saturated carbocycles. The fourth-order valence-corrected chi connectivity index (χ4v) is 5.71. The molecule has 6 nitrogen and oxygen atoms in total. The van der Waals surface area contributed by atoms with E-state index in [9.17, 15) is 4.79 Å². The molecule has 32 heavy (non-hydrogen) atoms. The minimum absolute atomic E-state index is 0.0484.